The van der Waals surface area contributed by atoms with Gasteiger partial charge in [0.15, 0.2) is 0 Å². The summed E-state index contributed by atoms with van der Waals surface area (Å²) in [6.07, 6.45) is -3.46. The van der Waals surface area contributed by atoms with Crippen molar-refractivity contribution in [3.8, 4) is 0 Å². The maximum absolute atomic E-state index is 12.8. The van der Waals surface area contributed by atoms with Crippen molar-refractivity contribution >= 4 is 11.6 Å². The van der Waals surface area contributed by atoms with Crippen molar-refractivity contribution in [3.05, 3.63) is 29.8 Å². The van der Waals surface area contributed by atoms with Crippen LogP contribution in [0.2, 0.25) is 0 Å². The quantitative estimate of drug-likeness (QED) is 0.897. The van der Waals surface area contributed by atoms with Crippen LogP contribution >= 0.6 is 0 Å². The van der Waals surface area contributed by atoms with Gasteiger partial charge in [-0.3, -0.25) is 4.79 Å². The lowest BCUT2D eigenvalue weighted by Crippen LogP contribution is -2.43. The van der Waals surface area contributed by atoms with Crippen LogP contribution in [0.1, 0.15) is 18.4 Å². The van der Waals surface area contributed by atoms with Gasteiger partial charge in [-0.2, -0.15) is 13.2 Å². The Balaban J connectivity index is 2.14. The molecule has 19 heavy (non-hydrogen) atoms. The monoisotopic (exact) mass is 272 g/mol. The zero-order valence-corrected chi connectivity index (χ0v) is 10.5. The molecule has 0 aromatic heterocycles. The number of benzene rings is 1. The highest BCUT2D eigenvalue weighted by molar-refractivity contribution is 5.77. The first-order valence-electron chi connectivity index (χ1n) is 6.04. The van der Waals surface area contributed by atoms with Crippen LogP contribution < -0.4 is 5.32 Å². The van der Waals surface area contributed by atoms with E-state index in [0.29, 0.717) is 19.4 Å². The standard InChI is InChI=1S/C13H15F3N2O/c1-18-8-9(6-7-12(18)19)17-11-5-3-2-4-10(11)13(14,15)16/h2-5,9,17H,6-8H2,1H3. The molecule has 2 rings (SSSR count). The Morgan fingerprint density at radius 3 is 2.63 bits per heavy atom. The number of likely N-dealkylation sites (N-methyl/N-ethyl adjacent to an activating group) is 1. The van der Waals surface area contributed by atoms with Crippen LogP contribution in [0.4, 0.5) is 18.9 Å². The molecule has 1 amide bonds. The molecule has 1 fully saturated rings. The minimum Gasteiger partial charge on any atom is -0.380 e. The maximum atomic E-state index is 12.8. The Hall–Kier alpha value is -1.72. The lowest BCUT2D eigenvalue weighted by Gasteiger charge is -2.31. The van der Waals surface area contributed by atoms with Gasteiger partial charge in [-0.1, -0.05) is 12.1 Å². The molecule has 1 atom stereocenters. The normalized spacial score (nSPS) is 20.5. The van der Waals surface area contributed by atoms with E-state index < -0.39 is 11.7 Å². The molecule has 0 saturated carbocycles. The Morgan fingerprint density at radius 2 is 2.00 bits per heavy atom. The number of hydrogen-bond donors (Lipinski definition) is 1. The molecule has 1 unspecified atom stereocenters. The molecule has 104 valence electrons. The minimum atomic E-state index is -4.38. The van der Waals surface area contributed by atoms with Gasteiger partial charge in [0.05, 0.1) is 5.56 Å². The molecule has 1 aliphatic heterocycles. The molecule has 0 aliphatic carbocycles. The number of halogens is 3. The van der Waals surface area contributed by atoms with E-state index in [0.717, 1.165) is 6.07 Å². The Bertz CT molecular complexity index is 473. The van der Waals surface area contributed by atoms with Crippen LogP contribution in [0.5, 0.6) is 0 Å². The van der Waals surface area contributed by atoms with Gasteiger partial charge < -0.3 is 10.2 Å². The highest BCUT2D eigenvalue weighted by atomic mass is 19.4. The molecule has 1 aliphatic rings. The molecule has 0 spiro atoms. The zero-order valence-electron chi connectivity index (χ0n) is 10.5. The molecular formula is C13H15F3N2O. The van der Waals surface area contributed by atoms with Crippen molar-refractivity contribution in [1.29, 1.82) is 0 Å². The van der Waals surface area contributed by atoms with E-state index in [4.69, 9.17) is 0 Å². The number of nitrogens with one attached hydrogen (secondary N) is 1. The average molecular weight is 272 g/mol. The lowest BCUT2D eigenvalue weighted by molar-refractivity contribution is -0.137. The first-order chi connectivity index (χ1) is 8.88. The van der Waals surface area contributed by atoms with Gasteiger partial charge in [0.1, 0.15) is 0 Å². The van der Waals surface area contributed by atoms with E-state index >= 15 is 0 Å². The molecule has 0 radical (unpaired) electrons. The van der Waals surface area contributed by atoms with Crippen LogP contribution in [0.3, 0.4) is 0 Å². The van der Waals surface area contributed by atoms with Crippen molar-refractivity contribution in [1.82, 2.24) is 4.90 Å². The maximum Gasteiger partial charge on any atom is 0.418 e. The predicted molar refractivity (Wildman–Crippen MR) is 65.7 cm³/mol. The molecule has 3 nitrogen and oxygen atoms in total. The van der Waals surface area contributed by atoms with Crippen LogP contribution in [0.25, 0.3) is 0 Å². The summed E-state index contributed by atoms with van der Waals surface area (Å²) >= 11 is 0. The number of piperidine rings is 1. The fourth-order valence-corrected chi connectivity index (χ4v) is 2.21. The summed E-state index contributed by atoms with van der Waals surface area (Å²) in [5.41, 5.74) is -0.600. The number of likely N-dealkylation sites (tertiary alicyclic amines) is 1. The summed E-state index contributed by atoms with van der Waals surface area (Å²) in [6, 6.07) is 5.25. The zero-order chi connectivity index (χ0) is 14.0. The molecule has 1 heterocycles. The van der Waals surface area contributed by atoms with Crippen LogP contribution in [0, 0.1) is 0 Å². The van der Waals surface area contributed by atoms with Crippen LogP contribution in [-0.2, 0) is 11.0 Å². The summed E-state index contributed by atoms with van der Waals surface area (Å²) in [5.74, 6) is 0.0298. The van der Waals surface area contributed by atoms with Gasteiger partial charge in [-0.25, -0.2) is 0 Å². The lowest BCUT2D eigenvalue weighted by atomic mass is 10.0. The predicted octanol–water partition coefficient (Wildman–Crippen LogP) is 2.74. The second-order valence-corrected chi connectivity index (χ2v) is 4.70. The SMILES string of the molecule is CN1CC(Nc2ccccc2C(F)(F)F)CCC1=O. The van der Waals surface area contributed by atoms with E-state index in [1.54, 1.807) is 13.1 Å². The van der Waals surface area contributed by atoms with E-state index in [1.165, 1.54) is 17.0 Å². The first kappa shape index (κ1) is 13.7. The van der Waals surface area contributed by atoms with E-state index in [2.05, 4.69) is 5.32 Å². The smallest absolute Gasteiger partial charge is 0.380 e. The number of para-hydroxylation sites is 1. The number of hydrogen-bond acceptors (Lipinski definition) is 2. The van der Waals surface area contributed by atoms with Crippen molar-refractivity contribution < 1.29 is 18.0 Å². The molecular weight excluding hydrogens is 257 g/mol. The van der Waals surface area contributed by atoms with Crippen molar-refractivity contribution in [2.75, 3.05) is 18.9 Å². The third kappa shape index (κ3) is 3.19. The third-order valence-electron chi connectivity index (χ3n) is 3.22. The highest BCUT2D eigenvalue weighted by Crippen LogP contribution is 2.35. The molecule has 6 heteroatoms. The molecule has 1 saturated heterocycles. The second-order valence-electron chi connectivity index (χ2n) is 4.70. The summed E-state index contributed by atoms with van der Waals surface area (Å²) in [6.45, 7) is 0.422. The molecule has 0 bridgehead atoms. The summed E-state index contributed by atoms with van der Waals surface area (Å²) < 4.78 is 38.5. The second kappa shape index (κ2) is 5.11. The molecule has 1 N–H and O–H groups in total. The van der Waals surface area contributed by atoms with Crippen molar-refractivity contribution in [3.63, 3.8) is 0 Å². The Kier molecular flexibility index (Phi) is 3.68. The summed E-state index contributed by atoms with van der Waals surface area (Å²) in [4.78, 5) is 12.9. The highest BCUT2D eigenvalue weighted by Gasteiger charge is 2.34. The van der Waals surface area contributed by atoms with E-state index in [9.17, 15) is 18.0 Å². The van der Waals surface area contributed by atoms with E-state index in [-0.39, 0.29) is 17.6 Å². The fourth-order valence-electron chi connectivity index (χ4n) is 2.21. The Morgan fingerprint density at radius 1 is 1.32 bits per heavy atom. The van der Waals surface area contributed by atoms with E-state index in [1.807, 2.05) is 0 Å². The molecule has 1 aromatic carbocycles. The number of anilines is 1. The van der Waals surface area contributed by atoms with Gasteiger partial charge in [-0.15, -0.1) is 0 Å². The van der Waals surface area contributed by atoms with Gasteiger partial charge in [0, 0.05) is 31.7 Å². The average Bonchev–Trinajstić information content (AvgIpc) is 2.33. The minimum absolute atomic E-state index is 0.0298. The third-order valence-corrected chi connectivity index (χ3v) is 3.22. The van der Waals surface area contributed by atoms with Gasteiger partial charge in [-0.05, 0) is 18.6 Å². The largest absolute Gasteiger partial charge is 0.418 e. The van der Waals surface area contributed by atoms with Gasteiger partial charge >= 0.3 is 6.18 Å². The van der Waals surface area contributed by atoms with Crippen LogP contribution in [0.15, 0.2) is 24.3 Å². The number of amides is 1. The molecule has 1 aromatic rings. The number of nitrogens with zero attached hydrogens (tertiary/aromatic N) is 1. The van der Waals surface area contributed by atoms with Crippen LogP contribution in [-0.4, -0.2) is 30.4 Å². The number of carbonyl (C=O) groups is 1. The van der Waals surface area contributed by atoms with Crippen molar-refractivity contribution in [2.24, 2.45) is 0 Å². The fraction of sp³-hybridized carbons (Fsp3) is 0.462. The topological polar surface area (TPSA) is 32.3 Å². The summed E-state index contributed by atoms with van der Waals surface area (Å²) in [7, 11) is 1.66. The Labute approximate surface area is 109 Å². The first-order valence-corrected chi connectivity index (χ1v) is 6.04. The van der Waals surface area contributed by atoms with Gasteiger partial charge in [0.25, 0.3) is 0 Å². The number of carbonyl (C=O) groups excluding carboxylic acids is 1. The number of rotatable bonds is 2. The summed E-state index contributed by atoms with van der Waals surface area (Å²) in [5, 5.41) is 2.89. The van der Waals surface area contributed by atoms with Gasteiger partial charge in [0.2, 0.25) is 5.91 Å². The number of alkyl halides is 3. The van der Waals surface area contributed by atoms with Crippen molar-refractivity contribution in [2.45, 2.75) is 25.1 Å².